The molecule has 0 atom stereocenters. The molecule has 7 heteroatoms. The topological polar surface area (TPSA) is 37.3 Å². The average Bonchev–Trinajstić information content (AvgIpc) is 2.78. The third kappa shape index (κ3) is 5.58. The highest BCUT2D eigenvalue weighted by molar-refractivity contribution is 6.02. The molecule has 0 radical (unpaired) electrons. The van der Waals surface area contributed by atoms with Crippen molar-refractivity contribution in [3.8, 4) is 11.5 Å². The molecule has 3 rings (SSSR count). The number of amidine groups is 1. The third-order valence-corrected chi connectivity index (χ3v) is 5.32. The molecule has 0 amide bonds. The Balaban J connectivity index is 1.83. The number of hydrogen-bond acceptors (Lipinski definition) is 5. The number of rotatable bonds is 11. The van der Waals surface area contributed by atoms with E-state index in [1.165, 1.54) is 26.0 Å². The summed E-state index contributed by atoms with van der Waals surface area (Å²) in [4.78, 5) is 9.08. The van der Waals surface area contributed by atoms with Crippen LogP contribution in [0.3, 0.4) is 0 Å². The molecule has 0 fully saturated rings. The highest BCUT2D eigenvalue weighted by Crippen LogP contribution is 2.35. The molecule has 0 unspecified atom stereocenters. The van der Waals surface area contributed by atoms with E-state index in [0.717, 1.165) is 43.2 Å². The van der Waals surface area contributed by atoms with Crippen molar-refractivity contribution in [2.75, 3.05) is 20.2 Å². The average molecular weight is 444 g/mol. The van der Waals surface area contributed by atoms with Crippen molar-refractivity contribution in [3.05, 3.63) is 66.2 Å². The summed E-state index contributed by atoms with van der Waals surface area (Å²) in [5.74, 6) is 0.939. The molecule has 0 saturated carbocycles. The second-order valence-electron chi connectivity index (χ2n) is 7.69. The zero-order valence-corrected chi connectivity index (χ0v) is 19.0. The first-order valence-corrected chi connectivity index (χ1v) is 11.0. The fraction of sp³-hybridized carbons (Fsp3) is 0.400. The van der Waals surface area contributed by atoms with Gasteiger partial charge in [0.1, 0.15) is 5.84 Å². The van der Waals surface area contributed by atoms with Gasteiger partial charge < -0.3 is 19.3 Å². The predicted octanol–water partition coefficient (Wildman–Crippen LogP) is 6.18. The molecular formula is C25H31F2N3O2. The van der Waals surface area contributed by atoms with Crippen molar-refractivity contribution < 1.29 is 18.3 Å². The summed E-state index contributed by atoms with van der Waals surface area (Å²) in [6, 6.07) is 4.87. The number of alkyl halides is 2. The van der Waals surface area contributed by atoms with Crippen LogP contribution in [0.25, 0.3) is 5.70 Å². The van der Waals surface area contributed by atoms with Gasteiger partial charge in [0.15, 0.2) is 11.5 Å². The quantitative estimate of drug-likeness (QED) is 0.383. The smallest absolute Gasteiger partial charge is 0.387 e. The van der Waals surface area contributed by atoms with Gasteiger partial charge >= 0.3 is 6.61 Å². The van der Waals surface area contributed by atoms with E-state index in [-0.39, 0.29) is 11.5 Å². The van der Waals surface area contributed by atoms with Gasteiger partial charge in [0.25, 0.3) is 0 Å². The third-order valence-electron chi connectivity index (χ3n) is 5.32. The lowest BCUT2D eigenvalue weighted by Crippen LogP contribution is -2.32. The number of ether oxygens (including phenoxy) is 2. The SMILES string of the molecule is C=C1C=C(c2ccc(OC)c(OC(F)F)c2)N=C2C=CC(N(CCC)CCCCC)=CN12. The van der Waals surface area contributed by atoms with Crippen LogP contribution in [0.4, 0.5) is 8.78 Å². The Hall–Kier alpha value is -3.09. The van der Waals surface area contributed by atoms with Crippen LogP contribution in [0.15, 0.2) is 65.6 Å². The maximum absolute atomic E-state index is 12.8. The van der Waals surface area contributed by atoms with Gasteiger partial charge in [-0.25, -0.2) is 4.99 Å². The van der Waals surface area contributed by atoms with E-state index in [9.17, 15) is 8.78 Å². The molecule has 2 aliphatic heterocycles. The highest BCUT2D eigenvalue weighted by atomic mass is 19.3. The number of hydrogen-bond donors (Lipinski definition) is 0. The number of unbranched alkanes of at least 4 members (excludes halogenated alkanes) is 2. The zero-order valence-electron chi connectivity index (χ0n) is 19.0. The fourth-order valence-electron chi connectivity index (χ4n) is 3.74. The van der Waals surface area contributed by atoms with Crippen molar-refractivity contribution >= 4 is 11.5 Å². The van der Waals surface area contributed by atoms with Crippen molar-refractivity contribution in [1.29, 1.82) is 0 Å². The molecule has 0 bridgehead atoms. The standard InChI is InChI=1S/C25H31F2N3O2/c1-5-7-8-14-29(13-6-2)20-10-12-24-28-21(15-18(3)30(24)17-20)19-9-11-22(31-4)23(16-19)32-25(26)27/h9-12,15-17,25H,3,5-8,13-14H2,1-2,4H3. The first-order valence-electron chi connectivity index (χ1n) is 11.0. The number of nitrogens with zero attached hydrogens (tertiary/aromatic N) is 3. The number of methoxy groups -OCH3 is 1. The van der Waals surface area contributed by atoms with Gasteiger partial charge in [-0.1, -0.05) is 33.3 Å². The first kappa shape index (κ1) is 23.6. The Morgan fingerprint density at radius 1 is 1.09 bits per heavy atom. The lowest BCUT2D eigenvalue weighted by Gasteiger charge is -2.33. The Morgan fingerprint density at radius 2 is 1.91 bits per heavy atom. The summed E-state index contributed by atoms with van der Waals surface area (Å²) in [7, 11) is 1.41. The Bertz CT molecular complexity index is 951. The van der Waals surface area contributed by atoms with Gasteiger partial charge in [-0.05, 0) is 49.3 Å². The minimum Gasteiger partial charge on any atom is -0.493 e. The lowest BCUT2D eigenvalue weighted by atomic mass is 10.1. The summed E-state index contributed by atoms with van der Waals surface area (Å²) in [5.41, 5.74) is 3.16. The van der Waals surface area contributed by atoms with Gasteiger partial charge in [0.05, 0.1) is 18.5 Å². The summed E-state index contributed by atoms with van der Waals surface area (Å²) in [5, 5.41) is 0. The van der Waals surface area contributed by atoms with Crippen LogP contribution in [0.1, 0.15) is 45.1 Å². The van der Waals surface area contributed by atoms with Gasteiger partial charge in [0, 0.05) is 30.5 Å². The maximum atomic E-state index is 12.8. The molecule has 0 saturated heterocycles. The number of aliphatic imine (C=N–C) groups is 1. The Labute approximate surface area is 189 Å². The predicted molar refractivity (Wildman–Crippen MR) is 125 cm³/mol. The molecule has 1 aromatic carbocycles. The fourth-order valence-corrected chi connectivity index (χ4v) is 3.74. The summed E-state index contributed by atoms with van der Waals surface area (Å²) in [6.45, 7) is 7.65. The van der Waals surface area contributed by atoms with E-state index < -0.39 is 6.61 Å². The van der Waals surface area contributed by atoms with Crippen LogP contribution in [-0.2, 0) is 0 Å². The van der Waals surface area contributed by atoms with Gasteiger partial charge in [-0.2, -0.15) is 8.78 Å². The molecule has 2 heterocycles. The number of benzene rings is 1. The van der Waals surface area contributed by atoms with E-state index in [2.05, 4.69) is 42.3 Å². The van der Waals surface area contributed by atoms with Crippen molar-refractivity contribution in [1.82, 2.24) is 9.80 Å². The molecule has 0 aliphatic carbocycles. The number of allylic oxidation sites excluding steroid dienone is 2. The Kier molecular flexibility index (Phi) is 8.09. The lowest BCUT2D eigenvalue weighted by molar-refractivity contribution is -0.0512. The van der Waals surface area contributed by atoms with Gasteiger partial charge in [-0.3, -0.25) is 0 Å². The molecule has 0 N–H and O–H groups in total. The summed E-state index contributed by atoms with van der Waals surface area (Å²) < 4.78 is 35.3. The van der Waals surface area contributed by atoms with E-state index >= 15 is 0 Å². The molecule has 32 heavy (non-hydrogen) atoms. The molecule has 5 nitrogen and oxygen atoms in total. The molecule has 0 spiro atoms. The number of halogens is 2. The van der Waals surface area contributed by atoms with Crippen molar-refractivity contribution in [3.63, 3.8) is 0 Å². The largest absolute Gasteiger partial charge is 0.493 e. The van der Waals surface area contributed by atoms with E-state index in [0.29, 0.717) is 11.3 Å². The van der Waals surface area contributed by atoms with Crippen LogP contribution in [0, 0.1) is 0 Å². The van der Waals surface area contributed by atoms with Crippen LogP contribution < -0.4 is 9.47 Å². The molecule has 0 aromatic heterocycles. The minimum atomic E-state index is -2.94. The summed E-state index contributed by atoms with van der Waals surface area (Å²) in [6.07, 6.45) is 12.6. The van der Waals surface area contributed by atoms with Crippen LogP contribution >= 0.6 is 0 Å². The van der Waals surface area contributed by atoms with E-state index in [4.69, 9.17) is 9.73 Å². The minimum absolute atomic E-state index is 0.0298. The zero-order chi connectivity index (χ0) is 23.1. The molecular weight excluding hydrogens is 412 g/mol. The molecule has 2 aliphatic rings. The first-order chi connectivity index (χ1) is 15.5. The second kappa shape index (κ2) is 11.0. The second-order valence-corrected chi connectivity index (χ2v) is 7.69. The number of fused-ring (bicyclic) bond motifs is 1. The Morgan fingerprint density at radius 3 is 2.59 bits per heavy atom. The van der Waals surface area contributed by atoms with Crippen LogP contribution in [0.2, 0.25) is 0 Å². The molecule has 1 aromatic rings. The van der Waals surface area contributed by atoms with Gasteiger partial charge in [-0.15, -0.1) is 0 Å². The van der Waals surface area contributed by atoms with E-state index in [1.807, 2.05) is 17.1 Å². The monoisotopic (exact) mass is 443 g/mol. The van der Waals surface area contributed by atoms with Gasteiger partial charge in [0.2, 0.25) is 0 Å². The van der Waals surface area contributed by atoms with Crippen LogP contribution in [0.5, 0.6) is 11.5 Å². The molecule has 172 valence electrons. The highest BCUT2D eigenvalue weighted by Gasteiger charge is 2.22. The summed E-state index contributed by atoms with van der Waals surface area (Å²) >= 11 is 0. The van der Waals surface area contributed by atoms with Crippen molar-refractivity contribution in [2.45, 2.75) is 46.1 Å². The normalized spacial score (nSPS) is 15.2. The van der Waals surface area contributed by atoms with E-state index in [1.54, 1.807) is 12.1 Å². The maximum Gasteiger partial charge on any atom is 0.387 e. The van der Waals surface area contributed by atoms with Crippen molar-refractivity contribution in [2.24, 2.45) is 4.99 Å². The van der Waals surface area contributed by atoms with Crippen LogP contribution in [-0.4, -0.2) is 42.4 Å².